The van der Waals surface area contributed by atoms with E-state index in [1.54, 1.807) is 0 Å². The van der Waals surface area contributed by atoms with Crippen molar-refractivity contribution in [1.29, 1.82) is 0 Å². The number of rotatable bonds is 3. The molecule has 2 heterocycles. The van der Waals surface area contributed by atoms with Crippen LogP contribution < -0.4 is 4.90 Å². The molecule has 1 unspecified atom stereocenters. The molecule has 2 amide bonds. The number of anilines is 1. The highest BCUT2D eigenvalue weighted by atomic mass is 16.4. The van der Waals surface area contributed by atoms with Crippen molar-refractivity contribution in [3.05, 3.63) is 29.8 Å². The number of hydrogen-bond donors (Lipinski definition) is 1. The number of piperidine rings is 1. The SMILES string of the molecule is CC(=O)N1CC2(CCN(C(=O)c3ccc(N(C)C)cc3)CC2)CC1C(=O)O. The Morgan fingerprint density at radius 3 is 2.15 bits per heavy atom. The maximum Gasteiger partial charge on any atom is 0.326 e. The van der Waals surface area contributed by atoms with Crippen LogP contribution in [-0.2, 0) is 9.59 Å². The molecule has 0 radical (unpaired) electrons. The molecule has 146 valence electrons. The number of hydrogen-bond acceptors (Lipinski definition) is 4. The summed E-state index contributed by atoms with van der Waals surface area (Å²) in [5, 5.41) is 9.43. The molecule has 0 aromatic heterocycles. The van der Waals surface area contributed by atoms with E-state index in [9.17, 15) is 19.5 Å². The van der Waals surface area contributed by atoms with Gasteiger partial charge in [-0.3, -0.25) is 9.59 Å². The molecule has 3 rings (SSSR count). The molecule has 1 aromatic rings. The van der Waals surface area contributed by atoms with Crippen LogP contribution >= 0.6 is 0 Å². The van der Waals surface area contributed by atoms with Crippen LogP contribution in [0.4, 0.5) is 5.69 Å². The molecule has 2 aliphatic heterocycles. The van der Waals surface area contributed by atoms with Crippen LogP contribution in [0.25, 0.3) is 0 Å². The van der Waals surface area contributed by atoms with E-state index in [1.807, 2.05) is 48.2 Å². The van der Waals surface area contributed by atoms with Crippen molar-refractivity contribution < 1.29 is 19.5 Å². The van der Waals surface area contributed by atoms with Gasteiger partial charge in [-0.15, -0.1) is 0 Å². The summed E-state index contributed by atoms with van der Waals surface area (Å²) in [7, 11) is 3.91. The Kier molecular flexibility index (Phi) is 5.13. The second-order valence-corrected chi connectivity index (χ2v) is 7.94. The van der Waals surface area contributed by atoms with E-state index in [0.717, 1.165) is 18.5 Å². The maximum absolute atomic E-state index is 12.8. The van der Waals surface area contributed by atoms with Gasteiger partial charge in [-0.2, -0.15) is 0 Å². The van der Waals surface area contributed by atoms with E-state index in [0.29, 0.717) is 31.6 Å². The lowest BCUT2D eigenvalue weighted by Gasteiger charge is -2.39. The Morgan fingerprint density at radius 1 is 1.11 bits per heavy atom. The zero-order valence-electron chi connectivity index (χ0n) is 16.1. The molecular weight excluding hydrogens is 346 g/mol. The monoisotopic (exact) mass is 373 g/mol. The van der Waals surface area contributed by atoms with Crippen molar-refractivity contribution in [3.8, 4) is 0 Å². The summed E-state index contributed by atoms with van der Waals surface area (Å²) in [4.78, 5) is 41.4. The molecule has 0 aliphatic carbocycles. The largest absolute Gasteiger partial charge is 0.480 e. The highest BCUT2D eigenvalue weighted by Gasteiger charge is 2.49. The number of aliphatic carboxylic acids is 1. The van der Waals surface area contributed by atoms with Crippen LogP contribution in [0, 0.1) is 5.41 Å². The van der Waals surface area contributed by atoms with Gasteiger partial charge in [0.05, 0.1) is 0 Å². The van der Waals surface area contributed by atoms with Crippen molar-refractivity contribution in [3.63, 3.8) is 0 Å². The Labute approximate surface area is 159 Å². The number of likely N-dealkylation sites (tertiary alicyclic amines) is 2. The minimum absolute atomic E-state index is 0.00589. The highest BCUT2D eigenvalue weighted by molar-refractivity contribution is 5.94. The Hall–Kier alpha value is -2.57. The molecule has 2 aliphatic rings. The normalized spacial score (nSPS) is 21.4. The van der Waals surface area contributed by atoms with Crippen molar-refractivity contribution in [2.24, 2.45) is 5.41 Å². The number of benzene rings is 1. The van der Waals surface area contributed by atoms with Gasteiger partial charge in [0, 0.05) is 51.9 Å². The first kappa shape index (κ1) is 19.2. The summed E-state index contributed by atoms with van der Waals surface area (Å²) in [6.45, 7) is 3.07. The number of nitrogens with zero attached hydrogens (tertiary/aromatic N) is 3. The van der Waals surface area contributed by atoms with Gasteiger partial charge in [0.15, 0.2) is 0 Å². The first-order valence-electron chi connectivity index (χ1n) is 9.29. The lowest BCUT2D eigenvalue weighted by molar-refractivity contribution is -0.147. The first-order chi connectivity index (χ1) is 12.7. The van der Waals surface area contributed by atoms with Gasteiger partial charge in [0.25, 0.3) is 5.91 Å². The Balaban J connectivity index is 1.65. The molecule has 2 saturated heterocycles. The van der Waals surface area contributed by atoms with Gasteiger partial charge in [-0.1, -0.05) is 0 Å². The lowest BCUT2D eigenvalue weighted by Crippen LogP contribution is -2.44. The number of carbonyl (C=O) groups is 3. The zero-order chi connectivity index (χ0) is 19.8. The van der Waals surface area contributed by atoms with Gasteiger partial charge in [-0.25, -0.2) is 4.79 Å². The van der Waals surface area contributed by atoms with Crippen LogP contribution in [0.5, 0.6) is 0 Å². The van der Waals surface area contributed by atoms with Gasteiger partial charge in [-0.05, 0) is 48.9 Å². The Morgan fingerprint density at radius 2 is 1.70 bits per heavy atom. The highest BCUT2D eigenvalue weighted by Crippen LogP contribution is 2.43. The second-order valence-electron chi connectivity index (χ2n) is 7.94. The van der Waals surface area contributed by atoms with Crippen LogP contribution in [0.1, 0.15) is 36.5 Å². The summed E-state index contributed by atoms with van der Waals surface area (Å²) in [6.07, 6.45) is 1.92. The minimum Gasteiger partial charge on any atom is -0.480 e. The molecule has 1 spiro atoms. The van der Waals surface area contributed by atoms with Crippen LogP contribution in [0.15, 0.2) is 24.3 Å². The van der Waals surface area contributed by atoms with Crippen molar-refractivity contribution in [2.45, 2.75) is 32.2 Å². The second kappa shape index (κ2) is 7.21. The number of amides is 2. The van der Waals surface area contributed by atoms with Crippen LogP contribution in [0.3, 0.4) is 0 Å². The summed E-state index contributed by atoms with van der Waals surface area (Å²) >= 11 is 0. The first-order valence-corrected chi connectivity index (χ1v) is 9.29. The van der Waals surface area contributed by atoms with Crippen molar-refractivity contribution in [2.75, 3.05) is 38.6 Å². The summed E-state index contributed by atoms with van der Waals surface area (Å²) in [5.41, 5.74) is 1.51. The molecule has 0 saturated carbocycles. The fraction of sp³-hybridized carbons (Fsp3) is 0.550. The van der Waals surface area contributed by atoms with Crippen LogP contribution in [-0.4, -0.2) is 72.5 Å². The topological polar surface area (TPSA) is 81.2 Å². The van der Waals surface area contributed by atoms with E-state index in [1.165, 1.54) is 11.8 Å². The molecule has 0 bridgehead atoms. The summed E-state index contributed by atoms with van der Waals surface area (Å²) < 4.78 is 0. The van der Waals surface area contributed by atoms with E-state index >= 15 is 0 Å². The van der Waals surface area contributed by atoms with Crippen LogP contribution in [0.2, 0.25) is 0 Å². The molecule has 1 N–H and O–H groups in total. The molecule has 1 atom stereocenters. The minimum atomic E-state index is -0.943. The molecular formula is C20H27N3O4. The standard InChI is InChI=1S/C20H27N3O4/c1-14(24)23-13-20(12-17(23)19(26)27)8-10-22(11-9-20)18(25)15-4-6-16(7-5-15)21(2)3/h4-7,17H,8-13H2,1-3H3,(H,26,27). The zero-order valence-corrected chi connectivity index (χ0v) is 16.1. The van der Waals surface area contributed by atoms with Crippen molar-refractivity contribution >= 4 is 23.5 Å². The Bertz CT molecular complexity index is 712. The average molecular weight is 373 g/mol. The molecule has 7 nitrogen and oxygen atoms in total. The fourth-order valence-corrected chi connectivity index (χ4v) is 4.24. The van der Waals surface area contributed by atoms with E-state index in [2.05, 4.69) is 0 Å². The molecule has 2 fully saturated rings. The van der Waals surface area contributed by atoms with E-state index in [4.69, 9.17) is 0 Å². The van der Waals surface area contributed by atoms with Gasteiger partial charge in [0.1, 0.15) is 6.04 Å². The number of carboxylic acid groups (broad SMARTS) is 1. The molecule has 7 heteroatoms. The molecule has 1 aromatic carbocycles. The number of carboxylic acids is 1. The van der Waals surface area contributed by atoms with Gasteiger partial charge >= 0.3 is 5.97 Å². The third kappa shape index (κ3) is 3.77. The quantitative estimate of drug-likeness (QED) is 0.872. The lowest BCUT2D eigenvalue weighted by atomic mass is 9.76. The van der Waals surface area contributed by atoms with E-state index in [-0.39, 0.29) is 17.2 Å². The third-order valence-corrected chi connectivity index (χ3v) is 5.94. The number of carbonyl (C=O) groups excluding carboxylic acids is 2. The fourth-order valence-electron chi connectivity index (χ4n) is 4.24. The molecule has 27 heavy (non-hydrogen) atoms. The van der Waals surface area contributed by atoms with Gasteiger partial charge < -0.3 is 19.8 Å². The van der Waals surface area contributed by atoms with E-state index < -0.39 is 12.0 Å². The smallest absolute Gasteiger partial charge is 0.326 e. The maximum atomic E-state index is 12.8. The predicted octanol–water partition coefficient (Wildman–Crippen LogP) is 1.68. The summed E-state index contributed by atoms with van der Waals surface area (Å²) in [6, 6.07) is 6.80. The van der Waals surface area contributed by atoms with Gasteiger partial charge in [0.2, 0.25) is 5.91 Å². The van der Waals surface area contributed by atoms with Crippen molar-refractivity contribution in [1.82, 2.24) is 9.80 Å². The average Bonchev–Trinajstić information content (AvgIpc) is 3.02. The predicted molar refractivity (Wildman–Crippen MR) is 102 cm³/mol. The third-order valence-electron chi connectivity index (χ3n) is 5.94. The summed E-state index contributed by atoms with van der Waals surface area (Å²) in [5.74, 6) is -1.13.